The number of esters is 1. The number of rotatable bonds is 11. The molecule has 43 heavy (non-hydrogen) atoms. The minimum absolute atomic E-state index is 0.0664. The summed E-state index contributed by atoms with van der Waals surface area (Å²) in [6, 6.07) is 8.38. The molecule has 1 saturated heterocycles. The van der Waals surface area contributed by atoms with Gasteiger partial charge in [0.1, 0.15) is 5.60 Å². The summed E-state index contributed by atoms with van der Waals surface area (Å²) < 4.78 is 55.8. The second-order valence-electron chi connectivity index (χ2n) is 16.2. The minimum Gasteiger partial charge on any atom is -0.460 e. The second-order valence-corrected chi connectivity index (χ2v) is 22.7. The molecule has 1 aliphatic heterocycles. The molecule has 0 radical (unpaired) electrons. The van der Waals surface area contributed by atoms with E-state index in [9.17, 15) is 13.2 Å². The van der Waals surface area contributed by atoms with Gasteiger partial charge in [-0.15, -0.1) is 0 Å². The summed E-state index contributed by atoms with van der Waals surface area (Å²) in [6.45, 7) is 23.1. The van der Waals surface area contributed by atoms with Crippen LogP contribution in [-0.4, -0.2) is 59.2 Å². The Hall–Kier alpha value is -1.24. The van der Waals surface area contributed by atoms with Crippen LogP contribution in [0, 0.1) is 17.3 Å². The van der Waals surface area contributed by atoms with Crippen molar-refractivity contribution in [3.05, 3.63) is 30.3 Å². The van der Waals surface area contributed by atoms with Crippen LogP contribution < -0.4 is 4.72 Å². The third-order valence-electron chi connectivity index (χ3n) is 10.5. The van der Waals surface area contributed by atoms with Crippen molar-refractivity contribution in [2.45, 2.75) is 147 Å². The Morgan fingerprint density at radius 1 is 1.07 bits per heavy atom. The van der Waals surface area contributed by atoms with Gasteiger partial charge in [-0.3, -0.25) is 4.79 Å². The number of nitrogens with one attached hydrogen (secondary N) is 1. The Morgan fingerprint density at radius 2 is 1.70 bits per heavy atom. The van der Waals surface area contributed by atoms with Crippen LogP contribution >= 0.6 is 0 Å². The summed E-state index contributed by atoms with van der Waals surface area (Å²) in [7, 11) is -6.88. The number of sulfonamides is 1. The number of hydrogen-bond acceptors (Lipinski definition) is 7. The molecule has 8 nitrogen and oxygen atoms in total. The van der Waals surface area contributed by atoms with Gasteiger partial charge in [0, 0.05) is 0 Å². The summed E-state index contributed by atoms with van der Waals surface area (Å²) in [5.41, 5.74) is -0.927. The van der Waals surface area contributed by atoms with Gasteiger partial charge in [-0.05, 0) is 101 Å². The topological polar surface area (TPSA) is 100 Å². The fourth-order valence-corrected chi connectivity index (χ4v) is 9.59. The summed E-state index contributed by atoms with van der Waals surface area (Å²) >= 11 is 0. The van der Waals surface area contributed by atoms with E-state index in [1.165, 1.54) is 0 Å². The standard InChI is InChI=1S/C32H54BNO7SSi/c1-29(2,3)38-28(35)21-23(40-43(10,11)30(4,5)6)17-18-27(34-42(36,37)24-15-13-12-14-16-24)33-39-26-20-22-19-25(31(22,7)8)32(26,9)41-33/h12-16,22-23,25-27,34H,17-21H2,1-11H3/t22-,23?,25-,26+,27-,32-/m0/s1. The first kappa shape index (κ1) is 34.6. The van der Waals surface area contributed by atoms with E-state index in [0.717, 1.165) is 12.8 Å². The molecule has 1 N–H and O–H groups in total. The molecular weight excluding hydrogens is 581 g/mol. The summed E-state index contributed by atoms with van der Waals surface area (Å²) in [5.74, 6) is -0.0702. The van der Waals surface area contributed by atoms with Gasteiger partial charge in [-0.1, -0.05) is 52.8 Å². The summed E-state index contributed by atoms with van der Waals surface area (Å²) in [5, 5.41) is -0.0664. The molecular formula is C32H54BNO7SSi. The SMILES string of the molecule is CC(C)(C)OC(=O)CC(CC[C@H](NS(=O)(=O)c1ccccc1)B1O[C@@H]2C[C@@H]3C[C@@H](C3(C)C)[C@]2(C)O1)O[Si](C)(C)C(C)(C)C. The van der Waals surface area contributed by atoms with E-state index < -0.39 is 48.7 Å². The van der Waals surface area contributed by atoms with Crippen LogP contribution in [0.5, 0.6) is 0 Å². The lowest BCUT2D eigenvalue weighted by Crippen LogP contribution is -2.65. The predicted molar refractivity (Wildman–Crippen MR) is 172 cm³/mol. The Balaban J connectivity index is 1.59. The van der Waals surface area contributed by atoms with E-state index in [1.807, 2.05) is 20.8 Å². The molecule has 1 heterocycles. The average Bonchev–Trinajstić information content (AvgIpc) is 3.22. The van der Waals surface area contributed by atoms with Crippen LogP contribution in [0.1, 0.15) is 94.4 Å². The highest BCUT2D eigenvalue weighted by Crippen LogP contribution is 2.65. The van der Waals surface area contributed by atoms with Gasteiger partial charge >= 0.3 is 13.1 Å². The van der Waals surface area contributed by atoms with Gasteiger partial charge in [0.05, 0.1) is 35.1 Å². The Bertz CT molecular complexity index is 1260. The van der Waals surface area contributed by atoms with Crippen LogP contribution in [0.2, 0.25) is 18.1 Å². The molecule has 3 aliphatic carbocycles. The van der Waals surface area contributed by atoms with E-state index in [4.69, 9.17) is 18.5 Å². The van der Waals surface area contributed by atoms with Crippen molar-refractivity contribution in [2.24, 2.45) is 17.3 Å². The molecule has 11 heteroatoms. The van der Waals surface area contributed by atoms with E-state index in [0.29, 0.717) is 24.7 Å². The number of carbonyl (C=O) groups is 1. The van der Waals surface area contributed by atoms with Crippen molar-refractivity contribution in [1.82, 2.24) is 4.72 Å². The Kier molecular flexibility index (Phi) is 9.54. The summed E-state index contributed by atoms with van der Waals surface area (Å²) in [4.78, 5) is 13.2. The number of ether oxygens (including phenoxy) is 1. The molecule has 6 atom stereocenters. The molecule has 2 bridgehead atoms. The third-order valence-corrected chi connectivity index (χ3v) is 16.6. The first-order valence-corrected chi connectivity index (χ1v) is 20.2. The van der Waals surface area contributed by atoms with Gasteiger partial charge in [0.15, 0.2) is 8.32 Å². The molecule has 1 aromatic carbocycles. The van der Waals surface area contributed by atoms with Crippen molar-refractivity contribution in [3.63, 3.8) is 0 Å². The minimum atomic E-state index is -3.86. The van der Waals surface area contributed by atoms with E-state index in [-0.39, 0.29) is 33.8 Å². The first-order valence-electron chi connectivity index (χ1n) is 15.9. The monoisotopic (exact) mass is 635 g/mol. The van der Waals surface area contributed by atoms with Crippen molar-refractivity contribution in [2.75, 3.05) is 0 Å². The van der Waals surface area contributed by atoms with Crippen molar-refractivity contribution >= 4 is 31.4 Å². The second kappa shape index (κ2) is 11.8. The maximum atomic E-state index is 13.6. The fraction of sp³-hybridized carbons (Fsp3) is 0.781. The quantitative estimate of drug-likeness (QED) is 0.219. The predicted octanol–water partition coefficient (Wildman–Crippen LogP) is 6.50. The van der Waals surface area contributed by atoms with Crippen LogP contribution in [0.15, 0.2) is 35.2 Å². The molecule has 3 saturated carbocycles. The fourth-order valence-electron chi connectivity index (χ4n) is 6.92. The number of hydrogen-bond donors (Lipinski definition) is 1. The normalized spacial score (nSPS) is 28.5. The molecule has 1 aromatic rings. The van der Waals surface area contributed by atoms with Crippen molar-refractivity contribution in [1.29, 1.82) is 0 Å². The van der Waals surface area contributed by atoms with Crippen LogP contribution in [-0.2, 0) is 33.3 Å². The highest BCUT2D eigenvalue weighted by atomic mass is 32.2. The zero-order valence-corrected chi connectivity index (χ0v) is 30.0. The largest absolute Gasteiger partial charge is 0.477 e. The van der Waals surface area contributed by atoms with Gasteiger partial charge in [-0.25, -0.2) is 13.1 Å². The molecule has 5 rings (SSSR count). The van der Waals surface area contributed by atoms with E-state index in [2.05, 4.69) is 59.4 Å². The number of carbonyl (C=O) groups excluding carboxylic acids is 1. The van der Waals surface area contributed by atoms with Crippen LogP contribution in [0.3, 0.4) is 0 Å². The van der Waals surface area contributed by atoms with Crippen LogP contribution in [0.25, 0.3) is 0 Å². The Labute approximate surface area is 261 Å². The van der Waals surface area contributed by atoms with E-state index in [1.54, 1.807) is 30.3 Å². The molecule has 0 amide bonds. The smallest absolute Gasteiger partial charge is 0.460 e. The Morgan fingerprint density at radius 3 is 2.26 bits per heavy atom. The lowest BCUT2D eigenvalue weighted by Gasteiger charge is -2.64. The lowest BCUT2D eigenvalue weighted by molar-refractivity contribution is -0.199. The molecule has 4 fully saturated rings. The van der Waals surface area contributed by atoms with Gasteiger partial charge < -0.3 is 18.5 Å². The average molecular weight is 636 g/mol. The zero-order valence-electron chi connectivity index (χ0n) is 28.2. The molecule has 1 unspecified atom stereocenters. The van der Waals surface area contributed by atoms with Gasteiger partial charge in [0.25, 0.3) is 0 Å². The molecule has 4 aliphatic rings. The van der Waals surface area contributed by atoms with Crippen LogP contribution in [0.4, 0.5) is 0 Å². The molecule has 242 valence electrons. The maximum absolute atomic E-state index is 13.6. The molecule has 0 aromatic heterocycles. The third kappa shape index (κ3) is 7.43. The van der Waals surface area contributed by atoms with E-state index >= 15 is 0 Å². The van der Waals surface area contributed by atoms with Gasteiger partial charge in [0.2, 0.25) is 10.0 Å². The van der Waals surface area contributed by atoms with Crippen molar-refractivity contribution in [3.8, 4) is 0 Å². The summed E-state index contributed by atoms with van der Waals surface area (Å²) in [6.07, 6.45) is 2.39. The molecule has 0 spiro atoms. The highest BCUT2D eigenvalue weighted by molar-refractivity contribution is 7.89. The highest BCUT2D eigenvalue weighted by Gasteiger charge is 2.68. The zero-order chi connectivity index (χ0) is 32.2. The number of benzene rings is 1. The van der Waals surface area contributed by atoms with Gasteiger partial charge in [-0.2, -0.15) is 0 Å². The maximum Gasteiger partial charge on any atom is 0.477 e. The van der Waals surface area contributed by atoms with Crippen molar-refractivity contribution < 1.29 is 31.7 Å². The lowest BCUT2D eigenvalue weighted by atomic mass is 9.43. The first-order chi connectivity index (χ1) is 19.6.